The van der Waals surface area contributed by atoms with Gasteiger partial charge in [0.25, 0.3) is 5.56 Å². The quantitative estimate of drug-likeness (QED) is 0.595. The van der Waals surface area contributed by atoms with E-state index < -0.39 is 12.1 Å². The Morgan fingerprint density at radius 1 is 1.17 bits per heavy atom. The molecule has 0 amide bonds. The molecule has 1 aromatic heterocycles. The van der Waals surface area contributed by atoms with Gasteiger partial charge >= 0.3 is 5.97 Å². The molecule has 0 radical (unpaired) electrons. The zero-order valence-corrected chi connectivity index (χ0v) is 15.5. The number of para-hydroxylation sites is 1. The molecule has 1 heterocycles. The summed E-state index contributed by atoms with van der Waals surface area (Å²) in [6.07, 6.45) is -0.917. The van der Waals surface area contributed by atoms with Crippen molar-refractivity contribution in [1.29, 1.82) is 10.5 Å². The van der Waals surface area contributed by atoms with Crippen molar-refractivity contribution in [2.45, 2.75) is 26.2 Å². The molecule has 144 valence electrons. The molecule has 8 heteroatoms. The van der Waals surface area contributed by atoms with Crippen LogP contribution < -0.4 is 10.3 Å². The minimum atomic E-state index is -0.917. The number of esters is 1. The monoisotopic (exact) mass is 388 g/mol. The van der Waals surface area contributed by atoms with Crippen LogP contribution in [0.2, 0.25) is 0 Å². The van der Waals surface area contributed by atoms with Crippen LogP contribution in [0.3, 0.4) is 0 Å². The second-order valence-electron chi connectivity index (χ2n) is 6.10. The average molecular weight is 388 g/mol. The smallest absolute Gasteiger partial charge is 0.347 e. The fourth-order valence-electron chi connectivity index (χ4n) is 2.67. The van der Waals surface area contributed by atoms with Gasteiger partial charge < -0.3 is 9.47 Å². The van der Waals surface area contributed by atoms with Gasteiger partial charge in [-0.3, -0.25) is 9.36 Å². The molecule has 0 fully saturated rings. The van der Waals surface area contributed by atoms with Gasteiger partial charge in [-0.05, 0) is 43.3 Å². The van der Waals surface area contributed by atoms with Gasteiger partial charge in [0.15, 0.2) is 11.9 Å². The maximum absolute atomic E-state index is 12.6. The normalized spacial score (nSPS) is 11.3. The molecule has 2 aromatic carbocycles. The van der Waals surface area contributed by atoms with Crippen LogP contribution in [0.5, 0.6) is 5.75 Å². The third-order valence-electron chi connectivity index (χ3n) is 4.14. The summed E-state index contributed by atoms with van der Waals surface area (Å²) in [5.74, 6) is -0.0619. The highest BCUT2D eigenvalue weighted by Gasteiger charge is 2.19. The molecule has 0 N–H and O–H groups in total. The van der Waals surface area contributed by atoms with Crippen LogP contribution in [0.25, 0.3) is 10.9 Å². The van der Waals surface area contributed by atoms with Crippen molar-refractivity contribution in [1.82, 2.24) is 9.55 Å². The Bertz CT molecular complexity index is 1190. The molecule has 29 heavy (non-hydrogen) atoms. The predicted octanol–water partition coefficient (Wildman–Crippen LogP) is 2.30. The Morgan fingerprint density at radius 3 is 2.59 bits per heavy atom. The molecule has 0 unspecified atom stereocenters. The van der Waals surface area contributed by atoms with Gasteiger partial charge in [0.05, 0.1) is 28.6 Å². The Labute approximate surface area is 166 Å². The third kappa shape index (κ3) is 4.40. The molecular formula is C21H16N4O4. The van der Waals surface area contributed by atoms with E-state index in [1.54, 1.807) is 48.5 Å². The zero-order chi connectivity index (χ0) is 20.8. The number of ether oxygens (including phenoxy) is 2. The van der Waals surface area contributed by atoms with Crippen LogP contribution in [-0.4, -0.2) is 21.6 Å². The van der Waals surface area contributed by atoms with Crippen LogP contribution in [0, 0.1) is 22.7 Å². The van der Waals surface area contributed by atoms with E-state index in [0.29, 0.717) is 22.2 Å². The Morgan fingerprint density at radius 2 is 1.90 bits per heavy atom. The van der Waals surface area contributed by atoms with Gasteiger partial charge in [0.2, 0.25) is 0 Å². The minimum Gasteiger partial charge on any atom is -0.479 e. The van der Waals surface area contributed by atoms with Crippen molar-refractivity contribution in [3.05, 3.63) is 70.3 Å². The molecule has 0 saturated carbocycles. The standard InChI is InChI=1S/C21H16N4O4/c1-14(29-16-8-6-15(12-23)7-9-16)21(27)28-13-19-24-18-5-3-2-4-17(18)20(26)25(19)11-10-22/h2-9,14H,11,13H2,1H3/t14-/m0/s1. The number of hydrogen-bond donors (Lipinski definition) is 0. The van der Waals surface area contributed by atoms with Gasteiger partial charge in [-0.2, -0.15) is 10.5 Å². The number of fused-ring (bicyclic) bond motifs is 1. The Kier molecular flexibility index (Phi) is 5.86. The van der Waals surface area contributed by atoms with Crippen molar-refractivity contribution in [2.24, 2.45) is 0 Å². The lowest BCUT2D eigenvalue weighted by Crippen LogP contribution is -2.29. The summed E-state index contributed by atoms with van der Waals surface area (Å²) >= 11 is 0. The van der Waals surface area contributed by atoms with Crippen molar-refractivity contribution < 1.29 is 14.3 Å². The first-order valence-corrected chi connectivity index (χ1v) is 8.72. The third-order valence-corrected chi connectivity index (χ3v) is 4.14. The molecule has 0 saturated heterocycles. The van der Waals surface area contributed by atoms with E-state index in [4.69, 9.17) is 20.0 Å². The first-order chi connectivity index (χ1) is 14.0. The fourth-order valence-corrected chi connectivity index (χ4v) is 2.67. The highest BCUT2D eigenvalue weighted by atomic mass is 16.6. The van der Waals surface area contributed by atoms with E-state index in [0.717, 1.165) is 0 Å². The summed E-state index contributed by atoms with van der Waals surface area (Å²) in [7, 11) is 0. The van der Waals surface area contributed by atoms with E-state index in [-0.39, 0.29) is 24.5 Å². The number of nitrogens with zero attached hydrogens (tertiary/aromatic N) is 4. The summed E-state index contributed by atoms with van der Waals surface area (Å²) in [6, 6.07) is 17.0. The van der Waals surface area contributed by atoms with Crippen LogP contribution in [-0.2, 0) is 22.7 Å². The Balaban J connectivity index is 1.74. The molecule has 0 bridgehead atoms. The van der Waals surface area contributed by atoms with Gasteiger partial charge in [-0.25, -0.2) is 9.78 Å². The molecule has 0 aliphatic carbocycles. The second-order valence-corrected chi connectivity index (χ2v) is 6.10. The Hall–Kier alpha value is -4.17. The number of nitriles is 2. The van der Waals surface area contributed by atoms with Crippen molar-refractivity contribution in [3.8, 4) is 17.9 Å². The number of carbonyl (C=O) groups excluding carboxylic acids is 1. The molecule has 0 spiro atoms. The molecule has 8 nitrogen and oxygen atoms in total. The molecule has 0 aliphatic heterocycles. The van der Waals surface area contributed by atoms with Gasteiger partial charge in [-0.1, -0.05) is 12.1 Å². The summed E-state index contributed by atoms with van der Waals surface area (Å²) in [6.45, 7) is 1.04. The van der Waals surface area contributed by atoms with Gasteiger partial charge in [-0.15, -0.1) is 0 Å². The lowest BCUT2D eigenvalue weighted by atomic mass is 10.2. The van der Waals surface area contributed by atoms with E-state index >= 15 is 0 Å². The summed E-state index contributed by atoms with van der Waals surface area (Å²) < 4.78 is 11.9. The highest BCUT2D eigenvalue weighted by Crippen LogP contribution is 2.14. The zero-order valence-electron chi connectivity index (χ0n) is 15.5. The van der Waals surface area contributed by atoms with E-state index in [9.17, 15) is 9.59 Å². The lowest BCUT2D eigenvalue weighted by Gasteiger charge is -2.15. The lowest BCUT2D eigenvalue weighted by molar-refractivity contribution is -0.152. The second kappa shape index (κ2) is 8.68. The topological polar surface area (TPSA) is 118 Å². The molecule has 3 rings (SSSR count). The summed E-state index contributed by atoms with van der Waals surface area (Å²) in [5, 5.41) is 18.2. The maximum Gasteiger partial charge on any atom is 0.347 e. The minimum absolute atomic E-state index is 0.175. The molecule has 3 aromatic rings. The number of hydrogen-bond acceptors (Lipinski definition) is 7. The van der Waals surface area contributed by atoms with Crippen molar-refractivity contribution in [2.75, 3.05) is 0 Å². The predicted molar refractivity (Wildman–Crippen MR) is 103 cm³/mol. The molecule has 0 aliphatic rings. The average Bonchev–Trinajstić information content (AvgIpc) is 2.74. The molecule has 1 atom stereocenters. The number of benzene rings is 2. The van der Waals surface area contributed by atoms with E-state index in [2.05, 4.69) is 4.98 Å². The first kappa shape index (κ1) is 19.6. The van der Waals surface area contributed by atoms with Crippen LogP contribution in [0.4, 0.5) is 0 Å². The first-order valence-electron chi connectivity index (χ1n) is 8.72. The van der Waals surface area contributed by atoms with Crippen molar-refractivity contribution >= 4 is 16.9 Å². The van der Waals surface area contributed by atoms with Gasteiger partial charge in [0.1, 0.15) is 18.9 Å². The largest absolute Gasteiger partial charge is 0.479 e. The summed E-state index contributed by atoms with van der Waals surface area (Å²) in [5.41, 5.74) is 0.565. The van der Waals surface area contributed by atoms with E-state index in [1.165, 1.54) is 11.5 Å². The summed E-state index contributed by atoms with van der Waals surface area (Å²) in [4.78, 5) is 29.2. The number of rotatable bonds is 6. The fraction of sp³-hybridized carbons (Fsp3) is 0.190. The van der Waals surface area contributed by atoms with Crippen molar-refractivity contribution in [3.63, 3.8) is 0 Å². The van der Waals surface area contributed by atoms with E-state index in [1.807, 2.05) is 12.1 Å². The number of aromatic nitrogens is 2. The van der Waals surface area contributed by atoms with Crippen LogP contribution >= 0.6 is 0 Å². The van der Waals surface area contributed by atoms with Gasteiger partial charge in [0, 0.05) is 0 Å². The molecular weight excluding hydrogens is 372 g/mol. The number of carbonyl (C=O) groups is 1. The SMILES string of the molecule is C[C@H](Oc1ccc(C#N)cc1)C(=O)OCc1nc2ccccc2c(=O)n1CC#N. The maximum atomic E-state index is 12.6. The highest BCUT2D eigenvalue weighted by molar-refractivity contribution is 5.77. The van der Waals surface area contributed by atoms with Crippen LogP contribution in [0.15, 0.2) is 53.3 Å². The van der Waals surface area contributed by atoms with Crippen LogP contribution in [0.1, 0.15) is 18.3 Å².